The van der Waals surface area contributed by atoms with Crippen LogP contribution in [-0.4, -0.2) is 49.2 Å². The van der Waals surface area contributed by atoms with Crippen LogP contribution in [0.4, 0.5) is 5.69 Å². The predicted molar refractivity (Wildman–Crippen MR) is 93.7 cm³/mol. The van der Waals surface area contributed by atoms with Crippen molar-refractivity contribution in [1.29, 1.82) is 0 Å². The predicted octanol–water partition coefficient (Wildman–Crippen LogP) is 1.83. The Balaban J connectivity index is 1.85. The molecule has 0 unspecified atom stereocenters. The zero-order valence-corrected chi connectivity index (χ0v) is 14.2. The van der Waals surface area contributed by atoms with Crippen LogP contribution in [-0.2, 0) is 4.79 Å². The van der Waals surface area contributed by atoms with E-state index in [0.29, 0.717) is 42.3 Å². The first kappa shape index (κ1) is 17.0. The Kier molecular flexibility index (Phi) is 4.74. The molecule has 2 amide bonds. The fraction of sp³-hybridized carbons (Fsp3) is 0.389. The molecule has 3 rings (SSSR count). The molecule has 0 bridgehead atoms. The van der Waals surface area contributed by atoms with Crippen molar-refractivity contribution in [2.45, 2.75) is 25.3 Å². The van der Waals surface area contributed by atoms with Gasteiger partial charge in [0.15, 0.2) is 11.5 Å². The lowest BCUT2D eigenvalue weighted by molar-refractivity contribution is -0.118. The normalized spacial score (nSPS) is 18.6. The molecule has 0 radical (unpaired) electrons. The minimum absolute atomic E-state index is 0.0571. The number of aliphatic imine (C=N–C) groups is 1. The summed E-state index contributed by atoms with van der Waals surface area (Å²) in [4.78, 5) is 29.9. The highest BCUT2D eigenvalue weighted by Gasteiger charge is 2.34. The molecule has 132 valence electrons. The van der Waals surface area contributed by atoms with Crippen molar-refractivity contribution in [2.75, 3.05) is 20.3 Å². The van der Waals surface area contributed by atoms with Crippen molar-refractivity contribution in [3.05, 3.63) is 29.8 Å². The monoisotopic (exact) mass is 343 g/mol. The van der Waals surface area contributed by atoms with Crippen LogP contribution in [0.5, 0.6) is 11.5 Å². The van der Waals surface area contributed by atoms with E-state index in [0.717, 1.165) is 12.0 Å². The smallest absolute Gasteiger partial charge is 0.257 e. The van der Waals surface area contributed by atoms with E-state index in [1.165, 1.54) is 7.11 Å². The summed E-state index contributed by atoms with van der Waals surface area (Å²) in [5.41, 5.74) is 7.18. The summed E-state index contributed by atoms with van der Waals surface area (Å²) in [7, 11) is 1.52. The van der Waals surface area contributed by atoms with E-state index in [4.69, 9.17) is 15.2 Å². The van der Waals surface area contributed by atoms with Crippen molar-refractivity contribution in [2.24, 2.45) is 10.7 Å². The number of hydrogen-bond donors (Lipinski definition) is 1. The molecule has 1 aromatic rings. The third-order valence-electron chi connectivity index (χ3n) is 4.28. The number of benzene rings is 1. The van der Waals surface area contributed by atoms with E-state index >= 15 is 0 Å². The fourth-order valence-corrected chi connectivity index (χ4v) is 3.03. The van der Waals surface area contributed by atoms with Crippen LogP contribution in [0, 0.1) is 0 Å². The number of ether oxygens (including phenoxy) is 2. The van der Waals surface area contributed by atoms with Gasteiger partial charge < -0.3 is 20.1 Å². The highest BCUT2D eigenvalue weighted by Crippen LogP contribution is 2.38. The van der Waals surface area contributed by atoms with Crippen molar-refractivity contribution in [3.63, 3.8) is 0 Å². The minimum atomic E-state index is -0.366. The number of fused-ring (bicyclic) bond motifs is 2. The quantitative estimate of drug-likeness (QED) is 0.630. The molecular formula is C18H21N3O4. The first-order chi connectivity index (χ1) is 12.0. The summed E-state index contributed by atoms with van der Waals surface area (Å²) in [5.74, 6) is 0.490. The molecule has 1 fully saturated rings. The highest BCUT2D eigenvalue weighted by molar-refractivity contribution is 6.03. The maximum absolute atomic E-state index is 12.8. The minimum Gasteiger partial charge on any atom is -0.493 e. The van der Waals surface area contributed by atoms with E-state index in [9.17, 15) is 9.59 Å². The van der Waals surface area contributed by atoms with Gasteiger partial charge in [-0.1, -0.05) is 12.2 Å². The largest absolute Gasteiger partial charge is 0.493 e. The average Bonchev–Trinajstić information content (AvgIpc) is 2.91. The van der Waals surface area contributed by atoms with Crippen LogP contribution < -0.4 is 15.2 Å². The molecule has 1 saturated heterocycles. The van der Waals surface area contributed by atoms with E-state index in [1.807, 2.05) is 0 Å². The molecule has 1 atom stereocenters. The number of hydrogen-bond acceptors (Lipinski definition) is 5. The second kappa shape index (κ2) is 6.96. The number of carbonyl (C=O) groups excluding carboxylic acids is 2. The molecule has 25 heavy (non-hydrogen) atoms. The summed E-state index contributed by atoms with van der Waals surface area (Å²) >= 11 is 0. The van der Waals surface area contributed by atoms with Gasteiger partial charge in [-0.3, -0.25) is 14.6 Å². The Labute approximate surface area is 146 Å². The third kappa shape index (κ3) is 3.50. The number of carbonyl (C=O) groups is 2. The number of primary amides is 1. The maximum Gasteiger partial charge on any atom is 0.257 e. The molecule has 0 spiro atoms. The molecule has 2 aliphatic rings. The Bertz CT molecular complexity index is 757. The lowest BCUT2D eigenvalue weighted by atomic mass is 10.1. The van der Waals surface area contributed by atoms with Gasteiger partial charge in [-0.25, -0.2) is 0 Å². The van der Waals surface area contributed by atoms with E-state index in [-0.39, 0.29) is 24.3 Å². The lowest BCUT2D eigenvalue weighted by Crippen LogP contribution is -2.35. The van der Waals surface area contributed by atoms with Gasteiger partial charge in [0.25, 0.3) is 5.91 Å². The Morgan fingerprint density at radius 2 is 2.24 bits per heavy atom. The number of nitrogens with two attached hydrogens (primary N) is 1. The average molecular weight is 343 g/mol. The van der Waals surface area contributed by atoms with Gasteiger partial charge in [0.2, 0.25) is 5.91 Å². The van der Waals surface area contributed by atoms with Crippen molar-refractivity contribution < 1.29 is 19.1 Å². The summed E-state index contributed by atoms with van der Waals surface area (Å²) in [6, 6.07) is 3.30. The van der Waals surface area contributed by atoms with Crippen LogP contribution in [0.3, 0.4) is 0 Å². The van der Waals surface area contributed by atoms with Crippen molar-refractivity contribution in [1.82, 2.24) is 4.90 Å². The summed E-state index contributed by atoms with van der Waals surface area (Å²) in [6.45, 7) is 4.84. The standard InChI is InChI=1S/C18H21N3O4/c1-11-6-12-9-20-14-8-16(25-5-3-4-17(19)22)15(24-2)7-13(14)18(23)21(12)10-11/h7-9,12H,1,3-6,10H2,2H3,(H2,19,22)/t12-/m0/s1. The Morgan fingerprint density at radius 1 is 1.44 bits per heavy atom. The van der Waals surface area contributed by atoms with Crippen molar-refractivity contribution >= 4 is 23.7 Å². The number of nitrogens with zero attached hydrogens (tertiary/aromatic N) is 2. The van der Waals surface area contributed by atoms with E-state index in [1.54, 1.807) is 23.2 Å². The summed E-state index contributed by atoms with van der Waals surface area (Å²) in [6.07, 6.45) is 3.28. The maximum atomic E-state index is 12.8. The van der Waals surface area contributed by atoms with Crippen LogP contribution in [0.25, 0.3) is 0 Å². The second-order valence-electron chi connectivity index (χ2n) is 6.17. The van der Waals surface area contributed by atoms with Gasteiger partial charge in [0.05, 0.1) is 31.0 Å². The number of amides is 2. The molecule has 7 heteroatoms. The highest BCUT2D eigenvalue weighted by atomic mass is 16.5. The molecule has 0 aromatic heterocycles. The lowest BCUT2D eigenvalue weighted by Gasteiger charge is -2.20. The Hall–Kier alpha value is -2.83. The molecule has 0 saturated carbocycles. The molecule has 2 heterocycles. The topological polar surface area (TPSA) is 94.2 Å². The van der Waals surface area contributed by atoms with E-state index in [2.05, 4.69) is 11.6 Å². The van der Waals surface area contributed by atoms with E-state index < -0.39 is 0 Å². The number of rotatable bonds is 6. The summed E-state index contributed by atoms with van der Waals surface area (Å²) in [5, 5.41) is 0. The fourth-order valence-electron chi connectivity index (χ4n) is 3.03. The Morgan fingerprint density at radius 3 is 2.96 bits per heavy atom. The van der Waals surface area contributed by atoms with Crippen LogP contribution in [0.2, 0.25) is 0 Å². The molecule has 2 N–H and O–H groups in total. The number of methoxy groups -OCH3 is 1. The van der Waals surface area contributed by atoms with Crippen molar-refractivity contribution in [3.8, 4) is 11.5 Å². The van der Waals surface area contributed by atoms with Crippen LogP contribution in [0.15, 0.2) is 29.3 Å². The zero-order chi connectivity index (χ0) is 18.0. The van der Waals surface area contributed by atoms with Gasteiger partial charge in [0, 0.05) is 25.2 Å². The van der Waals surface area contributed by atoms with Crippen LogP contribution in [0.1, 0.15) is 29.6 Å². The van der Waals surface area contributed by atoms with Gasteiger partial charge in [-0.15, -0.1) is 0 Å². The van der Waals surface area contributed by atoms with Crippen LogP contribution >= 0.6 is 0 Å². The van der Waals surface area contributed by atoms with Gasteiger partial charge >= 0.3 is 0 Å². The third-order valence-corrected chi connectivity index (χ3v) is 4.28. The SMILES string of the molecule is C=C1C[C@H]2C=Nc3cc(OCCCC(N)=O)c(OC)cc3C(=O)N2C1. The first-order valence-electron chi connectivity index (χ1n) is 8.14. The molecule has 0 aliphatic carbocycles. The van der Waals surface area contributed by atoms with Gasteiger partial charge in [0.1, 0.15) is 0 Å². The zero-order valence-electron chi connectivity index (χ0n) is 14.2. The second-order valence-corrected chi connectivity index (χ2v) is 6.17. The molecule has 1 aromatic carbocycles. The molecule has 7 nitrogen and oxygen atoms in total. The summed E-state index contributed by atoms with van der Waals surface area (Å²) < 4.78 is 11.0. The molecular weight excluding hydrogens is 322 g/mol. The molecule has 2 aliphatic heterocycles. The van der Waals surface area contributed by atoms with Gasteiger partial charge in [-0.05, 0) is 18.9 Å². The first-order valence-corrected chi connectivity index (χ1v) is 8.14. The van der Waals surface area contributed by atoms with Gasteiger partial charge in [-0.2, -0.15) is 0 Å².